The first-order chi connectivity index (χ1) is 7.06. The van der Waals surface area contributed by atoms with Crippen LogP contribution in [-0.4, -0.2) is 41.5 Å². The maximum absolute atomic E-state index is 9.25. The van der Waals surface area contributed by atoms with Crippen LogP contribution in [0.5, 0.6) is 0 Å². The molecular formula is C9H15N5O. The lowest BCUT2D eigenvalue weighted by Gasteiger charge is -2.21. The van der Waals surface area contributed by atoms with Crippen molar-refractivity contribution >= 4 is 24.0 Å². The Bertz CT molecular complexity index is 352. The summed E-state index contributed by atoms with van der Waals surface area (Å²) in [6, 6.07) is 0. The highest BCUT2D eigenvalue weighted by atomic mass is 16.3. The van der Waals surface area contributed by atoms with Crippen LogP contribution in [0, 0.1) is 0 Å². The third kappa shape index (κ3) is 2.63. The van der Waals surface area contributed by atoms with Gasteiger partial charge < -0.3 is 15.7 Å². The molecule has 0 fully saturated rings. The average molecular weight is 209 g/mol. The van der Waals surface area contributed by atoms with Gasteiger partial charge in [-0.1, -0.05) is 0 Å². The van der Waals surface area contributed by atoms with Crippen LogP contribution in [0.2, 0.25) is 0 Å². The van der Waals surface area contributed by atoms with E-state index in [1.807, 2.05) is 0 Å². The number of rotatable bonds is 4. The van der Waals surface area contributed by atoms with Gasteiger partial charge in [0.1, 0.15) is 12.0 Å². The first-order valence-electron chi connectivity index (χ1n) is 4.52. The molecule has 0 aliphatic heterocycles. The Kier molecular flexibility index (Phi) is 3.56. The topological polar surface area (TPSA) is 87.6 Å². The van der Waals surface area contributed by atoms with Crippen molar-refractivity contribution in [1.29, 1.82) is 0 Å². The van der Waals surface area contributed by atoms with Gasteiger partial charge in [-0.25, -0.2) is 9.97 Å². The lowest BCUT2D eigenvalue weighted by molar-refractivity contribution is 0.201. The van der Waals surface area contributed by atoms with Crippen molar-refractivity contribution in [3.8, 4) is 0 Å². The summed E-state index contributed by atoms with van der Waals surface area (Å²) < 4.78 is 0. The van der Waals surface area contributed by atoms with Crippen molar-refractivity contribution in [2.24, 2.45) is 4.99 Å². The number of likely N-dealkylation sites (N-methyl/N-ethyl adjacent to an activating group) is 1. The van der Waals surface area contributed by atoms with Crippen LogP contribution in [0.25, 0.3) is 0 Å². The number of nitrogen functional groups attached to an aromatic ring is 1. The minimum atomic E-state index is -0.455. The molecule has 6 nitrogen and oxygen atoms in total. The third-order valence-electron chi connectivity index (χ3n) is 1.89. The molecule has 0 aromatic carbocycles. The Labute approximate surface area is 88.5 Å². The van der Waals surface area contributed by atoms with Crippen LogP contribution in [0.1, 0.15) is 6.92 Å². The van der Waals surface area contributed by atoms with Crippen LogP contribution in [0.3, 0.4) is 0 Å². The second-order valence-corrected chi connectivity index (χ2v) is 3.32. The Morgan fingerprint density at radius 1 is 1.67 bits per heavy atom. The maximum atomic E-state index is 9.25. The third-order valence-corrected chi connectivity index (χ3v) is 1.89. The fraction of sp³-hybridized carbons (Fsp3) is 0.444. The van der Waals surface area contributed by atoms with Gasteiger partial charge in [0.25, 0.3) is 0 Å². The van der Waals surface area contributed by atoms with Crippen molar-refractivity contribution in [3.63, 3.8) is 0 Å². The van der Waals surface area contributed by atoms with E-state index in [1.165, 1.54) is 6.33 Å². The molecule has 0 unspecified atom stereocenters. The molecule has 0 spiro atoms. The van der Waals surface area contributed by atoms with Gasteiger partial charge in [0.15, 0.2) is 11.6 Å². The summed E-state index contributed by atoms with van der Waals surface area (Å²) >= 11 is 0. The molecule has 15 heavy (non-hydrogen) atoms. The molecule has 1 atom stereocenters. The molecule has 0 radical (unpaired) electrons. The molecular weight excluding hydrogens is 194 g/mol. The van der Waals surface area contributed by atoms with E-state index < -0.39 is 6.10 Å². The van der Waals surface area contributed by atoms with Crippen LogP contribution >= 0.6 is 0 Å². The van der Waals surface area contributed by atoms with E-state index in [-0.39, 0.29) is 5.82 Å². The second-order valence-electron chi connectivity index (χ2n) is 3.32. The minimum absolute atomic E-state index is 0.285. The number of nitrogens with two attached hydrogens (primary N) is 1. The van der Waals surface area contributed by atoms with Crippen molar-refractivity contribution in [2.75, 3.05) is 24.2 Å². The zero-order valence-corrected chi connectivity index (χ0v) is 8.88. The first-order valence-corrected chi connectivity index (χ1v) is 4.52. The monoisotopic (exact) mass is 209 g/mol. The lowest BCUT2D eigenvalue weighted by Crippen LogP contribution is -2.27. The van der Waals surface area contributed by atoms with Gasteiger partial charge in [-0.15, -0.1) is 0 Å². The molecule has 3 N–H and O–H groups in total. The molecule has 6 heteroatoms. The summed E-state index contributed by atoms with van der Waals surface area (Å²) in [7, 11) is 1.79. The van der Waals surface area contributed by atoms with Crippen molar-refractivity contribution in [3.05, 3.63) is 6.33 Å². The molecule has 0 saturated carbocycles. The highest BCUT2D eigenvalue weighted by molar-refractivity contribution is 5.74. The molecule has 1 rings (SSSR count). The Hall–Kier alpha value is -1.69. The molecule has 0 aliphatic rings. The van der Waals surface area contributed by atoms with Crippen molar-refractivity contribution < 1.29 is 5.11 Å². The predicted molar refractivity (Wildman–Crippen MR) is 60.6 cm³/mol. The van der Waals surface area contributed by atoms with Crippen LogP contribution in [0.15, 0.2) is 11.3 Å². The second kappa shape index (κ2) is 4.70. The number of anilines is 2. The zero-order valence-electron chi connectivity index (χ0n) is 8.88. The van der Waals surface area contributed by atoms with E-state index in [0.29, 0.717) is 18.1 Å². The fourth-order valence-corrected chi connectivity index (χ4v) is 1.30. The number of aliphatic hydroxyl groups is 1. The normalized spacial score (nSPS) is 12.2. The van der Waals surface area contributed by atoms with Crippen molar-refractivity contribution in [2.45, 2.75) is 13.0 Å². The maximum Gasteiger partial charge on any atom is 0.160 e. The number of hydrogen-bond donors (Lipinski definition) is 2. The zero-order chi connectivity index (χ0) is 11.4. The van der Waals surface area contributed by atoms with E-state index in [1.54, 1.807) is 18.9 Å². The summed E-state index contributed by atoms with van der Waals surface area (Å²) in [4.78, 5) is 13.4. The van der Waals surface area contributed by atoms with Gasteiger partial charge in [-0.2, -0.15) is 0 Å². The lowest BCUT2D eigenvalue weighted by atomic mass is 10.3. The van der Waals surface area contributed by atoms with E-state index in [2.05, 4.69) is 21.7 Å². The summed E-state index contributed by atoms with van der Waals surface area (Å²) in [5, 5.41) is 9.25. The predicted octanol–water partition coefficient (Wildman–Crippen LogP) is 0.208. The summed E-state index contributed by atoms with van der Waals surface area (Å²) in [5.74, 6) is 0.853. The molecule has 0 bridgehead atoms. The highest BCUT2D eigenvalue weighted by Gasteiger charge is 2.12. The average Bonchev–Trinajstić information content (AvgIpc) is 2.16. The van der Waals surface area contributed by atoms with Crippen LogP contribution < -0.4 is 10.6 Å². The fourth-order valence-electron chi connectivity index (χ4n) is 1.30. The smallest absolute Gasteiger partial charge is 0.160 e. The standard InChI is InChI=1S/C9H15N5O/c1-6(15)4-14(3)9-7(11-2)8(10)12-5-13-9/h5-6,15H,2,4H2,1,3H3,(H2,10,12,13)/t6-/m1/s1. The van der Waals surface area contributed by atoms with Gasteiger partial charge in [0.2, 0.25) is 0 Å². The van der Waals surface area contributed by atoms with Crippen LogP contribution in [-0.2, 0) is 0 Å². The minimum Gasteiger partial charge on any atom is -0.392 e. The van der Waals surface area contributed by atoms with Gasteiger partial charge >= 0.3 is 0 Å². The van der Waals surface area contributed by atoms with E-state index in [9.17, 15) is 5.11 Å². The first kappa shape index (κ1) is 11.4. The molecule has 1 aromatic rings. The molecule has 0 saturated heterocycles. The van der Waals surface area contributed by atoms with E-state index >= 15 is 0 Å². The Balaban J connectivity index is 3.02. The SMILES string of the molecule is C=Nc1c(N)ncnc1N(C)C[C@@H](C)O. The molecule has 0 aliphatic carbocycles. The summed E-state index contributed by atoms with van der Waals surface area (Å²) in [6.45, 7) is 5.55. The number of aliphatic hydroxyl groups excluding tert-OH is 1. The molecule has 1 aromatic heterocycles. The van der Waals surface area contributed by atoms with E-state index in [0.717, 1.165) is 0 Å². The summed E-state index contributed by atoms with van der Waals surface area (Å²) in [5.41, 5.74) is 6.07. The van der Waals surface area contributed by atoms with Crippen molar-refractivity contribution in [1.82, 2.24) is 9.97 Å². The van der Waals surface area contributed by atoms with E-state index in [4.69, 9.17) is 5.73 Å². The molecule has 0 amide bonds. The van der Waals surface area contributed by atoms with Gasteiger partial charge in [-0.05, 0) is 13.6 Å². The number of nitrogens with zero attached hydrogens (tertiary/aromatic N) is 4. The largest absolute Gasteiger partial charge is 0.392 e. The van der Waals surface area contributed by atoms with Gasteiger partial charge in [0, 0.05) is 13.6 Å². The van der Waals surface area contributed by atoms with Gasteiger partial charge in [0.05, 0.1) is 6.10 Å². The number of aliphatic imine (C=N–C) groups is 1. The van der Waals surface area contributed by atoms with Gasteiger partial charge in [-0.3, -0.25) is 4.99 Å². The summed E-state index contributed by atoms with van der Waals surface area (Å²) in [6.07, 6.45) is 0.904. The van der Waals surface area contributed by atoms with Crippen LogP contribution in [0.4, 0.5) is 17.3 Å². The molecule has 1 heterocycles. The Morgan fingerprint density at radius 2 is 2.33 bits per heavy atom. The quantitative estimate of drug-likeness (QED) is 0.692. The number of aromatic nitrogens is 2. The number of hydrogen-bond acceptors (Lipinski definition) is 6. The Morgan fingerprint density at radius 3 is 2.87 bits per heavy atom. The highest BCUT2D eigenvalue weighted by Crippen LogP contribution is 2.29. The molecule has 82 valence electrons.